The van der Waals surface area contributed by atoms with Crippen LogP contribution in [0, 0.1) is 0 Å². The zero-order chi connectivity index (χ0) is 18.1. The molecule has 2 aromatic rings. The lowest BCUT2D eigenvalue weighted by Gasteiger charge is -2.20. The number of benzene rings is 2. The van der Waals surface area contributed by atoms with E-state index in [0.29, 0.717) is 20.9 Å². The molecule has 0 heterocycles. The molecule has 0 amide bonds. The van der Waals surface area contributed by atoms with Crippen molar-refractivity contribution in [2.24, 2.45) is 0 Å². The zero-order valence-electron chi connectivity index (χ0n) is 12.7. The maximum atomic E-state index is 12.6. The Morgan fingerprint density at radius 1 is 1.25 bits per heavy atom. The first-order chi connectivity index (χ1) is 11.1. The smallest absolute Gasteiger partial charge is 0.336 e. The Kier molecular flexibility index (Phi) is 5.42. The van der Waals surface area contributed by atoms with Gasteiger partial charge in [-0.15, -0.1) is 0 Å². The van der Waals surface area contributed by atoms with Crippen LogP contribution in [0.1, 0.15) is 10.4 Å². The normalized spacial score (nSPS) is 11.2. The van der Waals surface area contributed by atoms with Gasteiger partial charge in [-0.05, 0) is 46.3 Å². The minimum Gasteiger partial charge on any atom is -0.478 e. The van der Waals surface area contributed by atoms with E-state index in [1.54, 1.807) is 37.2 Å². The third-order valence-electron chi connectivity index (χ3n) is 3.16. The summed E-state index contributed by atoms with van der Waals surface area (Å²) in [6.45, 7) is 0. The molecule has 2 rings (SSSR count). The lowest BCUT2D eigenvalue weighted by molar-refractivity contribution is 0.0695. The molecule has 2 aromatic carbocycles. The van der Waals surface area contributed by atoms with Crippen LogP contribution in [0.3, 0.4) is 0 Å². The predicted molar refractivity (Wildman–Crippen MR) is 97.7 cm³/mol. The van der Waals surface area contributed by atoms with Gasteiger partial charge in [0.1, 0.15) is 0 Å². The Morgan fingerprint density at radius 2 is 1.92 bits per heavy atom. The first-order valence-electron chi connectivity index (χ1n) is 6.65. The van der Waals surface area contributed by atoms with E-state index < -0.39 is 16.0 Å². The molecule has 0 radical (unpaired) electrons. The first-order valence-corrected chi connectivity index (χ1v) is 9.30. The van der Waals surface area contributed by atoms with E-state index in [2.05, 4.69) is 20.7 Å². The van der Waals surface area contributed by atoms with E-state index in [0.717, 1.165) is 6.07 Å². The number of rotatable bonds is 5. The fourth-order valence-corrected chi connectivity index (χ4v) is 3.94. The molecule has 24 heavy (non-hydrogen) atoms. The van der Waals surface area contributed by atoms with Crippen LogP contribution >= 0.6 is 27.5 Å². The molecule has 2 N–H and O–H groups in total. The van der Waals surface area contributed by atoms with Crippen molar-refractivity contribution < 1.29 is 18.3 Å². The van der Waals surface area contributed by atoms with Crippen molar-refractivity contribution in [2.75, 3.05) is 23.7 Å². The lowest BCUT2D eigenvalue weighted by Crippen LogP contribution is -2.18. The van der Waals surface area contributed by atoms with Gasteiger partial charge in [-0.25, -0.2) is 13.2 Å². The molecular formula is C15H14BrClN2O4S. The van der Waals surface area contributed by atoms with E-state index in [1.165, 1.54) is 12.1 Å². The number of para-hydroxylation sites is 1. The largest absolute Gasteiger partial charge is 0.478 e. The van der Waals surface area contributed by atoms with Crippen molar-refractivity contribution in [3.63, 3.8) is 0 Å². The maximum Gasteiger partial charge on any atom is 0.336 e. The number of hydrogen-bond donors (Lipinski definition) is 2. The topological polar surface area (TPSA) is 86.7 Å². The van der Waals surface area contributed by atoms with Gasteiger partial charge in [-0.3, -0.25) is 4.72 Å². The summed E-state index contributed by atoms with van der Waals surface area (Å²) in [4.78, 5) is 12.7. The number of halogens is 2. The van der Waals surface area contributed by atoms with Crippen molar-refractivity contribution in [3.05, 3.63) is 51.5 Å². The summed E-state index contributed by atoms with van der Waals surface area (Å²) in [6.07, 6.45) is 0. The molecule has 6 nitrogen and oxygen atoms in total. The highest BCUT2D eigenvalue weighted by Crippen LogP contribution is 2.34. The molecule has 0 spiro atoms. The number of hydrogen-bond acceptors (Lipinski definition) is 4. The SMILES string of the molecule is CN(C)c1c(Cl)cccc1NS(=O)(=O)c1ccc(Br)c(C(=O)O)c1. The van der Waals surface area contributed by atoms with Crippen molar-refractivity contribution in [2.45, 2.75) is 4.90 Å². The van der Waals surface area contributed by atoms with Crippen LogP contribution in [0.2, 0.25) is 5.02 Å². The molecule has 0 aromatic heterocycles. The van der Waals surface area contributed by atoms with E-state index in [-0.39, 0.29) is 10.5 Å². The number of nitrogens with zero attached hydrogens (tertiary/aromatic N) is 1. The molecule has 0 atom stereocenters. The highest BCUT2D eigenvalue weighted by atomic mass is 79.9. The lowest BCUT2D eigenvalue weighted by atomic mass is 10.2. The summed E-state index contributed by atoms with van der Waals surface area (Å²) < 4.78 is 27.9. The number of sulfonamides is 1. The van der Waals surface area contributed by atoms with Gasteiger partial charge in [0, 0.05) is 18.6 Å². The van der Waals surface area contributed by atoms with Crippen LogP contribution < -0.4 is 9.62 Å². The highest BCUT2D eigenvalue weighted by Gasteiger charge is 2.20. The molecular weight excluding hydrogens is 420 g/mol. The van der Waals surface area contributed by atoms with E-state index in [4.69, 9.17) is 16.7 Å². The number of nitrogens with one attached hydrogen (secondary N) is 1. The van der Waals surface area contributed by atoms with Crippen molar-refractivity contribution in [3.8, 4) is 0 Å². The molecule has 0 bridgehead atoms. The summed E-state index contributed by atoms with van der Waals surface area (Å²) in [5.74, 6) is -1.23. The number of carboxylic acid groups (broad SMARTS) is 1. The Labute approximate surface area is 153 Å². The molecule has 0 fully saturated rings. The second kappa shape index (κ2) is 7.00. The van der Waals surface area contributed by atoms with E-state index >= 15 is 0 Å². The van der Waals surface area contributed by atoms with Gasteiger partial charge in [-0.1, -0.05) is 17.7 Å². The molecule has 0 saturated heterocycles. The summed E-state index contributed by atoms with van der Waals surface area (Å²) >= 11 is 9.21. The number of carboxylic acids is 1. The molecule has 0 aliphatic rings. The predicted octanol–water partition coefficient (Wildman–Crippen LogP) is 3.67. The third kappa shape index (κ3) is 3.82. The fourth-order valence-electron chi connectivity index (χ4n) is 2.09. The molecule has 0 saturated carbocycles. The van der Waals surface area contributed by atoms with Gasteiger partial charge in [0.15, 0.2) is 0 Å². The number of carbonyl (C=O) groups is 1. The Bertz CT molecular complexity index is 900. The average molecular weight is 434 g/mol. The molecule has 9 heteroatoms. The minimum atomic E-state index is -3.98. The first kappa shape index (κ1) is 18.6. The summed E-state index contributed by atoms with van der Waals surface area (Å²) in [7, 11) is -0.504. The van der Waals surface area contributed by atoms with Gasteiger partial charge in [0.25, 0.3) is 10.0 Å². The number of aromatic carboxylic acids is 1. The van der Waals surface area contributed by atoms with Crippen LogP contribution in [0.5, 0.6) is 0 Å². The van der Waals surface area contributed by atoms with Crippen LogP contribution in [0.4, 0.5) is 11.4 Å². The summed E-state index contributed by atoms with van der Waals surface area (Å²) in [5.41, 5.74) is 0.669. The third-order valence-corrected chi connectivity index (χ3v) is 5.52. The molecule has 0 aliphatic heterocycles. The van der Waals surface area contributed by atoms with Crippen molar-refractivity contribution >= 4 is 54.9 Å². The van der Waals surface area contributed by atoms with Crippen molar-refractivity contribution in [1.82, 2.24) is 0 Å². The Balaban J connectivity index is 2.49. The second-order valence-electron chi connectivity index (χ2n) is 5.08. The maximum absolute atomic E-state index is 12.6. The van der Waals surface area contributed by atoms with Gasteiger partial charge in [-0.2, -0.15) is 0 Å². The van der Waals surface area contributed by atoms with Crippen LogP contribution in [0.15, 0.2) is 45.8 Å². The van der Waals surface area contributed by atoms with Gasteiger partial charge in [0.2, 0.25) is 0 Å². The van der Waals surface area contributed by atoms with Crippen LogP contribution in [-0.4, -0.2) is 33.6 Å². The quantitative estimate of drug-likeness (QED) is 0.751. The monoisotopic (exact) mass is 432 g/mol. The van der Waals surface area contributed by atoms with Crippen molar-refractivity contribution in [1.29, 1.82) is 0 Å². The Hall–Kier alpha value is -1.77. The Morgan fingerprint density at radius 3 is 2.50 bits per heavy atom. The molecule has 128 valence electrons. The summed E-state index contributed by atoms with van der Waals surface area (Å²) in [6, 6.07) is 8.64. The molecule has 0 unspecified atom stereocenters. The van der Waals surface area contributed by atoms with E-state index in [9.17, 15) is 13.2 Å². The average Bonchev–Trinajstić information content (AvgIpc) is 2.46. The fraction of sp³-hybridized carbons (Fsp3) is 0.133. The van der Waals surface area contributed by atoms with Gasteiger partial charge < -0.3 is 10.0 Å². The standard InChI is InChI=1S/C15H14BrClN2O4S/c1-19(2)14-12(17)4-3-5-13(14)18-24(22,23)9-6-7-11(16)10(8-9)15(20)21/h3-8,18H,1-2H3,(H,20,21). The minimum absolute atomic E-state index is 0.142. The van der Waals surface area contributed by atoms with Crippen LogP contribution in [-0.2, 0) is 10.0 Å². The zero-order valence-corrected chi connectivity index (χ0v) is 15.9. The van der Waals surface area contributed by atoms with Crippen LogP contribution in [0.25, 0.3) is 0 Å². The highest BCUT2D eigenvalue weighted by molar-refractivity contribution is 9.10. The van der Waals surface area contributed by atoms with E-state index in [1.807, 2.05) is 0 Å². The summed E-state index contributed by atoms with van der Waals surface area (Å²) in [5, 5.41) is 9.52. The number of anilines is 2. The molecule has 0 aliphatic carbocycles. The second-order valence-corrected chi connectivity index (χ2v) is 8.03. The van der Waals surface area contributed by atoms with Gasteiger partial charge in [0.05, 0.1) is 26.9 Å². The van der Waals surface area contributed by atoms with Gasteiger partial charge >= 0.3 is 5.97 Å².